The summed E-state index contributed by atoms with van der Waals surface area (Å²) in [5, 5.41) is 36.1. The Balaban J connectivity index is 1.81. The van der Waals surface area contributed by atoms with Gasteiger partial charge in [0.05, 0.1) is 12.9 Å². The summed E-state index contributed by atoms with van der Waals surface area (Å²) in [5.74, 6) is 0.144. The average molecular weight is 384 g/mol. The molecule has 0 radical (unpaired) electrons. The Morgan fingerprint density at radius 1 is 1.21 bits per heavy atom. The number of hydrogen-bond acceptors (Lipinski definition) is 9. The molecule has 4 rings (SSSR count). The van der Waals surface area contributed by atoms with E-state index in [0.29, 0.717) is 11.3 Å². The van der Waals surface area contributed by atoms with Crippen LogP contribution in [0.25, 0.3) is 21.6 Å². The van der Waals surface area contributed by atoms with E-state index in [9.17, 15) is 15.3 Å². The minimum atomic E-state index is -1.31. The number of aliphatic hydroxyl groups is 3. The van der Waals surface area contributed by atoms with E-state index in [1.165, 1.54) is 10.9 Å². The van der Waals surface area contributed by atoms with Gasteiger partial charge < -0.3 is 25.4 Å². The summed E-state index contributed by atoms with van der Waals surface area (Å²) in [5.41, 5.74) is 10.1. The van der Waals surface area contributed by atoms with Crippen molar-refractivity contribution < 1.29 is 20.1 Å². The second-order valence-electron chi connectivity index (χ2n) is 6.11. The van der Waals surface area contributed by atoms with Crippen molar-refractivity contribution in [2.45, 2.75) is 24.5 Å². The first-order chi connectivity index (χ1) is 13.6. The molecule has 2 aromatic heterocycles. The van der Waals surface area contributed by atoms with Crippen LogP contribution in [0.15, 0.2) is 41.8 Å². The maximum Gasteiger partial charge on any atom is 0.220 e. The number of anilines is 2. The highest BCUT2D eigenvalue weighted by molar-refractivity contribution is 5.86. The molecule has 1 aliphatic heterocycles. The molecule has 4 N–H and O–H groups in total. The van der Waals surface area contributed by atoms with Crippen molar-refractivity contribution in [1.29, 1.82) is 0 Å². The molecule has 12 nitrogen and oxygen atoms in total. The van der Waals surface area contributed by atoms with Crippen LogP contribution in [-0.4, -0.2) is 59.8 Å². The number of para-hydroxylation sites is 1. The first-order valence-electron chi connectivity index (χ1n) is 8.36. The quantitative estimate of drug-likeness (QED) is 0.287. The van der Waals surface area contributed by atoms with Gasteiger partial charge in [-0.3, -0.25) is 4.57 Å². The van der Waals surface area contributed by atoms with E-state index < -0.39 is 31.1 Å². The molecule has 0 aliphatic carbocycles. The number of azide groups is 1. The van der Waals surface area contributed by atoms with Crippen LogP contribution < -0.4 is 5.32 Å². The van der Waals surface area contributed by atoms with Gasteiger partial charge in [0.2, 0.25) is 5.95 Å². The zero-order valence-electron chi connectivity index (χ0n) is 14.4. The highest BCUT2D eigenvalue weighted by Crippen LogP contribution is 2.33. The van der Waals surface area contributed by atoms with E-state index >= 15 is 0 Å². The maximum absolute atomic E-state index is 10.3. The van der Waals surface area contributed by atoms with Crippen LogP contribution >= 0.6 is 0 Å². The van der Waals surface area contributed by atoms with Gasteiger partial charge in [-0.05, 0) is 22.8 Å². The van der Waals surface area contributed by atoms with E-state index in [1.807, 2.05) is 30.3 Å². The Morgan fingerprint density at radius 3 is 2.68 bits per heavy atom. The predicted molar refractivity (Wildman–Crippen MR) is 96.9 cm³/mol. The van der Waals surface area contributed by atoms with E-state index in [0.717, 1.165) is 5.69 Å². The topological polar surface area (TPSA) is 174 Å². The molecule has 4 atom stereocenters. The van der Waals surface area contributed by atoms with Crippen LogP contribution in [-0.2, 0) is 4.74 Å². The molecule has 0 saturated carbocycles. The molecule has 1 saturated heterocycles. The van der Waals surface area contributed by atoms with Crippen LogP contribution in [0, 0.1) is 0 Å². The number of imidazole rings is 1. The van der Waals surface area contributed by atoms with Crippen molar-refractivity contribution in [3.8, 4) is 0 Å². The molecule has 12 heteroatoms. The van der Waals surface area contributed by atoms with Gasteiger partial charge in [0.15, 0.2) is 23.2 Å². The molecule has 3 heterocycles. The van der Waals surface area contributed by atoms with Crippen LogP contribution in [0.1, 0.15) is 6.23 Å². The summed E-state index contributed by atoms with van der Waals surface area (Å²) in [6.45, 7) is -0.457. The minimum absolute atomic E-state index is 0.151. The minimum Gasteiger partial charge on any atom is -0.394 e. The van der Waals surface area contributed by atoms with Gasteiger partial charge in [-0.2, -0.15) is 0 Å². The second-order valence-corrected chi connectivity index (χ2v) is 6.11. The molecule has 28 heavy (non-hydrogen) atoms. The molecule has 1 aliphatic rings. The van der Waals surface area contributed by atoms with Crippen molar-refractivity contribution in [3.63, 3.8) is 0 Å². The number of nitrogens with zero attached hydrogens (tertiary/aromatic N) is 7. The molecular weight excluding hydrogens is 368 g/mol. The van der Waals surface area contributed by atoms with Gasteiger partial charge in [0, 0.05) is 10.6 Å². The van der Waals surface area contributed by atoms with Crippen molar-refractivity contribution >= 4 is 28.6 Å². The number of hydrogen-bond donors (Lipinski definition) is 4. The zero-order chi connectivity index (χ0) is 19.7. The Bertz CT molecular complexity index is 1040. The average Bonchev–Trinajstić information content (AvgIpc) is 3.24. The lowest BCUT2D eigenvalue weighted by Crippen LogP contribution is -2.33. The fraction of sp³-hybridized carbons (Fsp3) is 0.312. The third-order valence-electron chi connectivity index (χ3n) is 4.37. The Labute approximate surface area is 157 Å². The molecule has 3 aromatic rings. The summed E-state index contributed by atoms with van der Waals surface area (Å²) in [7, 11) is 0. The van der Waals surface area contributed by atoms with Gasteiger partial charge in [0.1, 0.15) is 18.3 Å². The van der Waals surface area contributed by atoms with Crippen molar-refractivity contribution in [3.05, 3.63) is 47.1 Å². The molecule has 144 valence electrons. The number of aliphatic hydroxyl groups excluding tert-OH is 3. The van der Waals surface area contributed by atoms with Gasteiger partial charge in [0.25, 0.3) is 0 Å². The lowest BCUT2D eigenvalue weighted by atomic mass is 10.1. The summed E-state index contributed by atoms with van der Waals surface area (Å²) in [6.07, 6.45) is -3.19. The molecule has 0 amide bonds. The van der Waals surface area contributed by atoms with Crippen LogP contribution in [0.5, 0.6) is 0 Å². The van der Waals surface area contributed by atoms with Gasteiger partial charge in [-0.15, -0.1) is 0 Å². The molecule has 1 fully saturated rings. The highest BCUT2D eigenvalue weighted by atomic mass is 16.6. The molecular formula is C16H16N8O4. The molecule has 1 aromatic carbocycles. The van der Waals surface area contributed by atoms with E-state index in [1.54, 1.807) is 0 Å². The standard InChI is InChI=1S/C16H16N8O4/c17-23-22-16-20-13(19-8-4-2-1-3-5-8)10-14(21-16)24(7-18-10)15-12(27)11(26)9(6-25)28-15/h1-5,7,9,11-12,15,25-27H,6H2,(H,19,20,21)/t9-,11+,12+,15-/m1/s1. The Kier molecular flexibility index (Phi) is 4.77. The highest BCUT2D eigenvalue weighted by Gasteiger charge is 2.44. The molecule has 0 bridgehead atoms. The SMILES string of the molecule is [N-]=[N+]=Nc1nc(Nc2ccccc2)c2ncn([C@@H]3O[C@H](CO)[C@H](O)[C@@H]3O)c2n1. The Hall–Kier alpha value is -3.28. The first-order valence-corrected chi connectivity index (χ1v) is 8.36. The molecule has 0 unspecified atom stereocenters. The third-order valence-corrected chi connectivity index (χ3v) is 4.37. The van der Waals surface area contributed by atoms with E-state index in [-0.39, 0.29) is 11.6 Å². The van der Waals surface area contributed by atoms with Crippen molar-refractivity contribution in [2.75, 3.05) is 11.9 Å². The lowest BCUT2D eigenvalue weighted by Gasteiger charge is -2.16. The largest absolute Gasteiger partial charge is 0.394 e. The monoisotopic (exact) mass is 384 g/mol. The number of fused-ring (bicyclic) bond motifs is 1. The fourth-order valence-corrected chi connectivity index (χ4v) is 3.03. The Morgan fingerprint density at radius 2 is 2.00 bits per heavy atom. The van der Waals surface area contributed by atoms with Gasteiger partial charge in [-0.1, -0.05) is 18.2 Å². The molecule has 0 spiro atoms. The first kappa shape index (κ1) is 18.1. The van der Waals surface area contributed by atoms with Crippen LogP contribution in [0.2, 0.25) is 0 Å². The number of ether oxygens (including phenoxy) is 1. The predicted octanol–water partition coefficient (Wildman–Crippen LogP) is 1.12. The normalized spacial score (nSPS) is 24.2. The number of benzene rings is 1. The van der Waals surface area contributed by atoms with Crippen LogP contribution in [0.3, 0.4) is 0 Å². The van der Waals surface area contributed by atoms with Crippen molar-refractivity contribution in [2.24, 2.45) is 5.11 Å². The zero-order valence-corrected chi connectivity index (χ0v) is 14.4. The summed E-state index contributed by atoms with van der Waals surface area (Å²) in [6, 6.07) is 9.19. The summed E-state index contributed by atoms with van der Waals surface area (Å²) in [4.78, 5) is 15.3. The lowest BCUT2D eigenvalue weighted by molar-refractivity contribution is -0.0511. The number of rotatable bonds is 5. The van der Waals surface area contributed by atoms with E-state index in [2.05, 4.69) is 30.3 Å². The number of aromatic nitrogens is 4. The smallest absolute Gasteiger partial charge is 0.220 e. The second kappa shape index (κ2) is 7.38. The van der Waals surface area contributed by atoms with E-state index in [4.69, 9.17) is 10.3 Å². The van der Waals surface area contributed by atoms with Crippen molar-refractivity contribution in [1.82, 2.24) is 19.5 Å². The van der Waals surface area contributed by atoms with Crippen LogP contribution in [0.4, 0.5) is 17.5 Å². The van der Waals surface area contributed by atoms with Gasteiger partial charge in [-0.25, -0.2) is 15.0 Å². The summed E-state index contributed by atoms with van der Waals surface area (Å²) >= 11 is 0. The number of nitrogens with one attached hydrogen (secondary N) is 1. The van der Waals surface area contributed by atoms with Gasteiger partial charge >= 0.3 is 0 Å². The maximum atomic E-state index is 10.3. The fourth-order valence-electron chi connectivity index (χ4n) is 3.03. The summed E-state index contributed by atoms with van der Waals surface area (Å²) < 4.78 is 6.93. The third kappa shape index (κ3) is 3.11.